The number of ether oxygens (including phenoxy) is 3. The minimum Gasteiger partial charge on any atom is -0.447 e. The lowest BCUT2D eigenvalue weighted by Gasteiger charge is -2.24. The SMILES string of the molecule is CCCC(C)(Oc1ccc(/C=N/N(C)[P+](=S)C(C)(CC)Oc2ccc(/C=N/N(C)[P+](=S)C(C)Oc3ccc(C(O)P(=O)(OC)OC)cc3)cc2)cc1)[P+](=S)N(C)/N=C/c1ccc(ON=[N+]=[N-])cc1. The van der Waals surface area contributed by atoms with Crippen LogP contribution in [-0.4, -0.2) is 90.0 Å². The molecule has 1 N–H and O–H groups in total. The van der Waals surface area contributed by atoms with Crippen molar-refractivity contribution in [3.05, 3.63) is 130 Å². The molecule has 0 heterocycles. The topological polar surface area (TPSA) is 188 Å². The molecule has 68 heavy (non-hydrogen) atoms. The van der Waals surface area contributed by atoms with Crippen molar-refractivity contribution in [2.24, 2.45) is 20.6 Å². The van der Waals surface area contributed by atoms with Gasteiger partial charge in [0.05, 0.1) is 39.8 Å². The van der Waals surface area contributed by atoms with Crippen molar-refractivity contribution in [3.8, 4) is 23.0 Å². The van der Waals surface area contributed by atoms with Crippen LogP contribution in [0, 0.1) is 0 Å². The van der Waals surface area contributed by atoms with Gasteiger partial charge in [-0.1, -0.05) is 26.0 Å². The van der Waals surface area contributed by atoms with E-state index in [9.17, 15) is 9.67 Å². The summed E-state index contributed by atoms with van der Waals surface area (Å²) < 4.78 is 46.9. The first-order chi connectivity index (χ1) is 32.3. The Morgan fingerprint density at radius 3 is 1.54 bits per heavy atom. The molecule has 0 saturated heterocycles. The average Bonchev–Trinajstić information content (AvgIpc) is 3.35. The lowest BCUT2D eigenvalue weighted by molar-refractivity contribution is 0.164. The maximum atomic E-state index is 12.6. The fourth-order valence-corrected chi connectivity index (χ4v) is 12.1. The van der Waals surface area contributed by atoms with Crippen LogP contribution < -0.4 is 19.0 Å². The number of benzene rings is 4. The molecule has 4 aromatic rings. The first-order valence-corrected chi connectivity index (χ1v) is 29.7. The number of aliphatic hydroxyl groups is 1. The molecule has 0 radical (unpaired) electrons. The van der Waals surface area contributed by atoms with E-state index in [1.54, 1.807) is 88.6 Å². The number of aliphatic hydroxyl groups excluding tert-OH is 1. The lowest BCUT2D eigenvalue weighted by atomic mass is 10.2. The molecule has 17 nitrogen and oxygen atoms in total. The molecule has 0 aliphatic heterocycles. The molecule has 0 aliphatic rings. The van der Waals surface area contributed by atoms with E-state index >= 15 is 0 Å². The Kier molecular flexibility index (Phi) is 21.8. The molecule has 362 valence electrons. The number of hydrogen-bond acceptors (Lipinski definition) is 15. The van der Waals surface area contributed by atoms with Gasteiger partial charge in [0.2, 0.25) is 0 Å². The van der Waals surface area contributed by atoms with Crippen molar-refractivity contribution in [2.75, 3.05) is 35.4 Å². The highest BCUT2D eigenvalue weighted by molar-refractivity contribution is 8.05. The highest BCUT2D eigenvalue weighted by atomic mass is 32.4. The van der Waals surface area contributed by atoms with E-state index in [0.29, 0.717) is 35.0 Å². The van der Waals surface area contributed by atoms with E-state index in [1.165, 1.54) is 14.2 Å². The number of rotatable bonds is 27. The molecule has 24 heteroatoms. The van der Waals surface area contributed by atoms with Crippen molar-refractivity contribution in [3.63, 3.8) is 0 Å². The zero-order valence-corrected chi connectivity index (χ0v) is 45.6. The van der Waals surface area contributed by atoms with Crippen molar-refractivity contribution in [2.45, 2.75) is 76.3 Å². The Hall–Kier alpha value is -4.53. The predicted octanol–water partition coefficient (Wildman–Crippen LogP) is 12.4. The number of hydrazone groups is 3. The quantitative estimate of drug-likeness (QED) is 0.0148. The van der Waals surface area contributed by atoms with Gasteiger partial charge in [-0.25, -0.2) is 0 Å². The summed E-state index contributed by atoms with van der Waals surface area (Å²) >= 11 is 17.9. The van der Waals surface area contributed by atoms with Gasteiger partial charge in [0.15, 0.2) is 41.3 Å². The molecule has 0 saturated carbocycles. The highest BCUT2D eigenvalue weighted by Gasteiger charge is 2.46. The van der Waals surface area contributed by atoms with E-state index in [1.807, 2.05) is 90.3 Å². The molecular formula is C44H58N9O8P4S3+3. The highest BCUT2D eigenvalue weighted by Crippen LogP contribution is 2.58. The van der Waals surface area contributed by atoms with Gasteiger partial charge in [-0.3, -0.25) is 4.57 Å². The molecule has 7 unspecified atom stereocenters. The van der Waals surface area contributed by atoms with Crippen LogP contribution in [0.2, 0.25) is 0 Å². The normalized spacial score (nSPS) is 15.1. The van der Waals surface area contributed by atoms with E-state index in [-0.39, 0.29) is 5.85 Å². The summed E-state index contributed by atoms with van der Waals surface area (Å²) in [5.41, 5.74) is 11.4. The van der Waals surface area contributed by atoms with Gasteiger partial charge in [0, 0.05) is 52.7 Å². The van der Waals surface area contributed by atoms with Crippen LogP contribution in [0.15, 0.2) is 118 Å². The molecule has 0 spiro atoms. The van der Waals surface area contributed by atoms with E-state index in [2.05, 4.69) is 27.3 Å². The Bertz CT molecular complexity index is 2520. The Labute approximate surface area is 417 Å². The van der Waals surface area contributed by atoms with E-state index < -0.39 is 44.7 Å². The summed E-state index contributed by atoms with van der Waals surface area (Å²) in [6.07, 6.45) is 7.48. The van der Waals surface area contributed by atoms with Crippen LogP contribution in [0.1, 0.15) is 82.0 Å². The largest absolute Gasteiger partial charge is 0.447 e. The minimum absolute atomic E-state index is 0.367. The van der Waals surface area contributed by atoms with E-state index in [0.717, 1.165) is 29.5 Å². The van der Waals surface area contributed by atoms with Crippen molar-refractivity contribution in [1.29, 1.82) is 0 Å². The fourth-order valence-electron chi connectivity index (χ4n) is 6.19. The third-order valence-electron chi connectivity index (χ3n) is 10.2. The van der Waals surface area contributed by atoms with Crippen molar-refractivity contribution < 1.29 is 37.8 Å². The van der Waals surface area contributed by atoms with Gasteiger partial charge >= 0.3 is 28.1 Å². The third-order valence-corrected chi connectivity index (χ3v) is 22.5. The Balaban J connectivity index is 1.31. The molecule has 0 amide bonds. The Morgan fingerprint density at radius 2 is 1.12 bits per heavy atom. The Morgan fingerprint density at radius 1 is 0.706 bits per heavy atom. The zero-order chi connectivity index (χ0) is 50.1. The molecule has 0 aromatic heterocycles. The second kappa shape index (κ2) is 26.4. The van der Waals surface area contributed by atoms with E-state index in [4.69, 9.17) is 74.1 Å². The summed E-state index contributed by atoms with van der Waals surface area (Å²) in [7, 11) is 4.27. The summed E-state index contributed by atoms with van der Waals surface area (Å²) in [5.74, 6) is 0.517. The molecule has 7 atom stereocenters. The molecule has 0 fully saturated rings. The van der Waals surface area contributed by atoms with Gasteiger partial charge < -0.3 is 33.2 Å². The average molecular weight is 1060 g/mol. The molecular weight excluding hydrogens is 1000 g/mol. The smallest absolute Gasteiger partial charge is 0.362 e. The maximum absolute atomic E-state index is 12.6. The monoisotopic (exact) mass is 1060 g/mol. The fraction of sp³-hybridized carbons (Fsp3) is 0.386. The van der Waals surface area contributed by atoms with Gasteiger partial charge in [0.1, 0.15) is 28.3 Å². The molecule has 0 aliphatic carbocycles. The third kappa shape index (κ3) is 15.7. The van der Waals surface area contributed by atoms with Crippen molar-refractivity contribution in [1.82, 2.24) is 14.3 Å². The second-order valence-corrected chi connectivity index (χ2v) is 26.8. The molecule has 0 bridgehead atoms. The van der Waals surface area contributed by atoms with Crippen LogP contribution >= 0.6 is 28.1 Å². The molecule has 4 aromatic carbocycles. The van der Waals surface area contributed by atoms with Gasteiger partial charge in [-0.05, 0) is 119 Å². The first kappa shape index (κ1) is 56.1. The predicted molar refractivity (Wildman–Crippen MR) is 284 cm³/mol. The summed E-state index contributed by atoms with van der Waals surface area (Å²) in [6.45, 7) is 6.22. The second-order valence-electron chi connectivity index (χ2n) is 15.2. The van der Waals surface area contributed by atoms with Gasteiger partial charge in [-0.2, -0.15) is 0 Å². The van der Waals surface area contributed by atoms with Crippen molar-refractivity contribution >= 4 is 82.2 Å². The van der Waals surface area contributed by atoms with Gasteiger partial charge in [-0.15, -0.1) is 29.6 Å². The minimum atomic E-state index is -3.70. The zero-order valence-electron chi connectivity index (χ0n) is 39.6. The first-order valence-electron chi connectivity index (χ1n) is 21.1. The lowest BCUT2D eigenvalue weighted by Crippen LogP contribution is -2.31. The summed E-state index contributed by atoms with van der Waals surface area (Å²) in [6, 6.07) is 28.8. The summed E-state index contributed by atoms with van der Waals surface area (Å²) in [4.78, 5) is 7.50. The van der Waals surface area contributed by atoms with Crippen LogP contribution in [0.25, 0.3) is 10.4 Å². The van der Waals surface area contributed by atoms with Crippen LogP contribution in [-0.2, 0) is 49.0 Å². The standard InChI is InChI=1S/C44H58N9O8P4S3/c1-11-29-44(5,64(68)53(8)48-32-36-17-25-41(26-18-36)61-50-49-45)60-40-23-15-35(16-24-40)31-47-52(7)63(67)43(4,12-2)59-39-21-13-34(14-22-39)30-46-51(6)62(66)33(3)58-38-27-19-37(20-28-38)42(54)65(55,56-9)57-10/h13-28,30-33,42,54H,11-12,29H2,1-10H3/q+3/b46-30+,47-31+,48-32+. The van der Waals surface area contributed by atoms with Crippen LogP contribution in [0.5, 0.6) is 23.0 Å². The van der Waals surface area contributed by atoms with Crippen LogP contribution in [0.3, 0.4) is 0 Å². The van der Waals surface area contributed by atoms with Gasteiger partial charge in [0.25, 0.3) is 16.5 Å². The number of hydrogen-bond donors (Lipinski definition) is 1. The maximum Gasteiger partial charge on any atom is 0.362 e. The van der Waals surface area contributed by atoms with Crippen LogP contribution in [0.4, 0.5) is 0 Å². The summed E-state index contributed by atoms with van der Waals surface area (Å²) in [5, 5.41) is 26.1. The molecule has 4 rings (SSSR count). The number of nitrogens with zero attached hydrogens (tertiary/aromatic N) is 9. The number of azide groups is 1.